The SMILES string of the molecule is CCNC1CCN(c2ccc3c(c2)OCCCO3)CC1. The summed E-state index contributed by atoms with van der Waals surface area (Å²) in [4.78, 5) is 2.45. The summed E-state index contributed by atoms with van der Waals surface area (Å²) < 4.78 is 11.5. The lowest BCUT2D eigenvalue weighted by Crippen LogP contribution is -2.42. The first-order valence-electron chi connectivity index (χ1n) is 7.75. The first-order chi connectivity index (χ1) is 9.86. The molecule has 0 spiro atoms. The van der Waals surface area contributed by atoms with E-state index >= 15 is 0 Å². The molecule has 0 aromatic heterocycles. The molecule has 1 N–H and O–H groups in total. The summed E-state index contributed by atoms with van der Waals surface area (Å²) in [5.41, 5.74) is 1.25. The van der Waals surface area contributed by atoms with Crippen molar-refractivity contribution in [3.05, 3.63) is 18.2 Å². The third-order valence-electron chi connectivity index (χ3n) is 4.08. The van der Waals surface area contributed by atoms with Gasteiger partial charge in [0, 0.05) is 37.3 Å². The largest absolute Gasteiger partial charge is 0.490 e. The zero-order chi connectivity index (χ0) is 13.8. The second-order valence-electron chi connectivity index (χ2n) is 5.50. The second kappa shape index (κ2) is 6.35. The molecule has 0 amide bonds. The fourth-order valence-corrected chi connectivity index (χ4v) is 2.98. The van der Waals surface area contributed by atoms with Crippen molar-refractivity contribution in [2.24, 2.45) is 0 Å². The highest BCUT2D eigenvalue weighted by Crippen LogP contribution is 2.34. The van der Waals surface area contributed by atoms with Gasteiger partial charge < -0.3 is 19.7 Å². The molecule has 1 aromatic rings. The van der Waals surface area contributed by atoms with Gasteiger partial charge in [-0.15, -0.1) is 0 Å². The van der Waals surface area contributed by atoms with Crippen LogP contribution in [0.3, 0.4) is 0 Å². The van der Waals surface area contributed by atoms with Crippen LogP contribution >= 0.6 is 0 Å². The van der Waals surface area contributed by atoms with Gasteiger partial charge in [0.05, 0.1) is 13.2 Å². The minimum absolute atomic E-state index is 0.677. The van der Waals surface area contributed by atoms with Crippen LogP contribution in [0.2, 0.25) is 0 Å². The van der Waals surface area contributed by atoms with Gasteiger partial charge in [-0.2, -0.15) is 0 Å². The van der Waals surface area contributed by atoms with Gasteiger partial charge in [-0.3, -0.25) is 0 Å². The van der Waals surface area contributed by atoms with Crippen molar-refractivity contribution in [2.45, 2.75) is 32.2 Å². The van der Waals surface area contributed by atoms with Gasteiger partial charge in [0.2, 0.25) is 0 Å². The first-order valence-corrected chi connectivity index (χ1v) is 7.75. The number of nitrogens with one attached hydrogen (secondary N) is 1. The maximum atomic E-state index is 5.78. The maximum absolute atomic E-state index is 5.78. The lowest BCUT2D eigenvalue weighted by atomic mass is 10.0. The molecule has 4 nitrogen and oxygen atoms in total. The van der Waals surface area contributed by atoms with Gasteiger partial charge in [0.1, 0.15) is 0 Å². The Balaban J connectivity index is 1.67. The molecule has 1 aromatic carbocycles. The van der Waals surface area contributed by atoms with Gasteiger partial charge in [-0.25, -0.2) is 0 Å². The van der Waals surface area contributed by atoms with Crippen LogP contribution in [0.15, 0.2) is 18.2 Å². The number of benzene rings is 1. The Kier molecular flexibility index (Phi) is 4.31. The van der Waals surface area contributed by atoms with Crippen LogP contribution in [0.25, 0.3) is 0 Å². The van der Waals surface area contributed by atoms with Crippen LogP contribution in [-0.4, -0.2) is 38.9 Å². The molecule has 20 heavy (non-hydrogen) atoms. The maximum Gasteiger partial charge on any atom is 0.163 e. The molecule has 1 saturated heterocycles. The van der Waals surface area contributed by atoms with Gasteiger partial charge in [0.25, 0.3) is 0 Å². The number of ether oxygens (including phenoxy) is 2. The summed E-state index contributed by atoms with van der Waals surface area (Å²) in [5.74, 6) is 1.78. The van der Waals surface area contributed by atoms with E-state index in [9.17, 15) is 0 Å². The van der Waals surface area contributed by atoms with E-state index in [4.69, 9.17) is 9.47 Å². The van der Waals surface area contributed by atoms with Crippen molar-refractivity contribution >= 4 is 5.69 Å². The monoisotopic (exact) mass is 276 g/mol. The summed E-state index contributed by atoms with van der Waals surface area (Å²) in [6.45, 7) is 6.96. The van der Waals surface area contributed by atoms with Crippen LogP contribution in [0, 0.1) is 0 Å². The molecule has 2 heterocycles. The Labute approximate surface area is 121 Å². The van der Waals surface area contributed by atoms with Crippen molar-refractivity contribution in [3.8, 4) is 11.5 Å². The molecular weight excluding hydrogens is 252 g/mol. The molecule has 0 aliphatic carbocycles. The number of fused-ring (bicyclic) bond motifs is 1. The third kappa shape index (κ3) is 3.01. The van der Waals surface area contributed by atoms with Crippen molar-refractivity contribution in [1.29, 1.82) is 0 Å². The van der Waals surface area contributed by atoms with E-state index < -0.39 is 0 Å². The first kappa shape index (κ1) is 13.6. The summed E-state index contributed by atoms with van der Waals surface area (Å²) in [7, 11) is 0. The summed E-state index contributed by atoms with van der Waals surface area (Å²) in [6, 6.07) is 7.01. The molecule has 2 aliphatic rings. The van der Waals surface area contributed by atoms with Gasteiger partial charge in [-0.05, 0) is 31.5 Å². The molecule has 110 valence electrons. The van der Waals surface area contributed by atoms with E-state index in [0.717, 1.165) is 50.8 Å². The minimum Gasteiger partial charge on any atom is -0.490 e. The quantitative estimate of drug-likeness (QED) is 0.919. The van der Waals surface area contributed by atoms with Crippen molar-refractivity contribution in [1.82, 2.24) is 5.32 Å². The summed E-state index contributed by atoms with van der Waals surface area (Å²) in [5, 5.41) is 3.54. The smallest absolute Gasteiger partial charge is 0.163 e. The highest BCUT2D eigenvalue weighted by atomic mass is 16.5. The molecule has 0 bridgehead atoms. The summed E-state index contributed by atoms with van der Waals surface area (Å²) in [6.07, 6.45) is 3.38. The number of nitrogens with zero attached hydrogens (tertiary/aromatic N) is 1. The molecule has 0 unspecified atom stereocenters. The number of piperidine rings is 1. The number of hydrogen-bond donors (Lipinski definition) is 1. The van der Waals surface area contributed by atoms with Gasteiger partial charge in [-0.1, -0.05) is 6.92 Å². The molecule has 3 rings (SSSR count). The Bertz CT molecular complexity index is 442. The fourth-order valence-electron chi connectivity index (χ4n) is 2.98. The standard InChI is InChI=1S/C16H24N2O2/c1-2-17-13-6-8-18(9-7-13)14-4-5-15-16(12-14)20-11-3-10-19-15/h4-5,12-13,17H,2-3,6-11H2,1H3. The fraction of sp³-hybridized carbons (Fsp3) is 0.625. The third-order valence-corrected chi connectivity index (χ3v) is 4.08. The lowest BCUT2D eigenvalue weighted by molar-refractivity contribution is 0.297. The van der Waals surface area contributed by atoms with E-state index in [1.807, 2.05) is 6.07 Å². The van der Waals surface area contributed by atoms with Crippen molar-refractivity contribution in [3.63, 3.8) is 0 Å². The average molecular weight is 276 g/mol. The van der Waals surface area contributed by atoms with Crippen LogP contribution in [0.1, 0.15) is 26.2 Å². The Morgan fingerprint density at radius 3 is 2.65 bits per heavy atom. The zero-order valence-corrected chi connectivity index (χ0v) is 12.2. The van der Waals surface area contributed by atoms with Gasteiger partial charge >= 0.3 is 0 Å². The normalized spacial score (nSPS) is 19.8. The molecule has 0 radical (unpaired) electrons. The van der Waals surface area contributed by atoms with E-state index in [0.29, 0.717) is 6.04 Å². The highest BCUT2D eigenvalue weighted by molar-refractivity contribution is 5.56. The van der Waals surface area contributed by atoms with Crippen LogP contribution in [-0.2, 0) is 0 Å². The Morgan fingerprint density at radius 2 is 1.90 bits per heavy atom. The van der Waals surface area contributed by atoms with Crippen LogP contribution < -0.4 is 19.7 Å². The van der Waals surface area contributed by atoms with E-state index in [-0.39, 0.29) is 0 Å². The van der Waals surface area contributed by atoms with Crippen LogP contribution in [0.4, 0.5) is 5.69 Å². The topological polar surface area (TPSA) is 33.7 Å². The number of anilines is 1. The lowest BCUT2D eigenvalue weighted by Gasteiger charge is -2.34. The van der Waals surface area contributed by atoms with Gasteiger partial charge in [0.15, 0.2) is 11.5 Å². The van der Waals surface area contributed by atoms with E-state index in [1.54, 1.807) is 0 Å². The number of hydrogen-bond acceptors (Lipinski definition) is 4. The second-order valence-corrected chi connectivity index (χ2v) is 5.50. The molecule has 4 heteroatoms. The number of rotatable bonds is 3. The Morgan fingerprint density at radius 1 is 1.15 bits per heavy atom. The summed E-state index contributed by atoms with van der Waals surface area (Å²) >= 11 is 0. The predicted molar refractivity (Wildman–Crippen MR) is 81.0 cm³/mol. The molecule has 1 fully saturated rings. The van der Waals surface area contributed by atoms with Crippen LogP contribution in [0.5, 0.6) is 11.5 Å². The highest BCUT2D eigenvalue weighted by Gasteiger charge is 2.20. The minimum atomic E-state index is 0.677. The van der Waals surface area contributed by atoms with E-state index in [1.165, 1.54) is 18.5 Å². The molecular formula is C16H24N2O2. The van der Waals surface area contributed by atoms with Crippen molar-refractivity contribution < 1.29 is 9.47 Å². The Hall–Kier alpha value is -1.42. The van der Waals surface area contributed by atoms with Crippen molar-refractivity contribution in [2.75, 3.05) is 37.7 Å². The molecule has 0 atom stereocenters. The average Bonchev–Trinajstić information content (AvgIpc) is 2.73. The van der Waals surface area contributed by atoms with E-state index in [2.05, 4.69) is 29.3 Å². The predicted octanol–water partition coefficient (Wildman–Crippen LogP) is 2.43. The molecule has 2 aliphatic heterocycles. The molecule has 0 saturated carbocycles. The zero-order valence-electron chi connectivity index (χ0n) is 12.2.